The van der Waals surface area contributed by atoms with Crippen molar-refractivity contribution in [3.63, 3.8) is 0 Å². The van der Waals surface area contributed by atoms with Crippen molar-refractivity contribution in [2.45, 2.75) is 13.0 Å². The zero-order valence-electron chi connectivity index (χ0n) is 16.5. The topological polar surface area (TPSA) is 83.6 Å². The number of hydrogen-bond donors (Lipinski definition) is 1. The number of amides is 1. The fraction of sp³-hybridized carbons (Fsp3) is 0.0870. The van der Waals surface area contributed by atoms with Crippen molar-refractivity contribution in [3.05, 3.63) is 88.9 Å². The molecule has 4 aromatic rings. The summed E-state index contributed by atoms with van der Waals surface area (Å²) >= 11 is 1.04. The van der Waals surface area contributed by atoms with Gasteiger partial charge in [-0.1, -0.05) is 11.3 Å². The van der Waals surface area contributed by atoms with Crippen LogP contribution in [0, 0.1) is 18.6 Å². The standard InChI is InChI=1S/C23H14F2N2O4S/c1-11-2-9-16(31-11)19-18(20(28)12-3-5-13(24)6-4-12)21(29)22(30)27(19)23-26-15-8-7-14(25)10-17(15)32-23/h2-10,19,28H,1H3/b20-18+. The minimum absolute atomic E-state index is 0.157. The van der Waals surface area contributed by atoms with Gasteiger partial charge in [0.2, 0.25) is 0 Å². The first-order chi connectivity index (χ1) is 15.3. The molecule has 2 aromatic heterocycles. The molecule has 9 heteroatoms. The van der Waals surface area contributed by atoms with E-state index < -0.39 is 35.1 Å². The number of fused-ring (bicyclic) bond motifs is 1. The van der Waals surface area contributed by atoms with Crippen LogP contribution in [0.15, 0.2) is 64.6 Å². The number of nitrogens with zero attached hydrogens (tertiary/aromatic N) is 2. The van der Waals surface area contributed by atoms with Crippen LogP contribution in [0.3, 0.4) is 0 Å². The Hall–Kier alpha value is -3.85. The first-order valence-electron chi connectivity index (χ1n) is 9.53. The van der Waals surface area contributed by atoms with E-state index >= 15 is 0 Å². The first kappa shape index (κ1) is 20.1. The molecule has 0 spiro atoms. The van der Waals surface area contributed by atoms with Crippen LogP contribution in [0.25, 0.3) is 16.0 Å². The van der Waals surface area contributed by atoms with Crippen molar-refractivity contribution in [2.24, 2.45) is 0 Å². The summed E-state index contributed by atoms with van der Waals surface area (Å²) in [6.07, 6.45) is 0. The van der Waals surface area contributed by atoms with E-state index in [-0.39, 0.29) is 22.0 Å². The third-order valence-corrected chi connectivity index (χ3v) is 6.16. The lowest BCUT2D eigenvalue weighted by Crippen LogP contribution is -2.29. The Kier molecular flexibility index (Phi) is 4.63. The highest BCUT2D eigenvalue weighted by Gasteiger charge is 2.49. The van der Waals surface area contributed by atoms with E-state index in [2.05, 4.69) is 4.98 Å². The largest absolute Gasteiger partial charge is 0.507 e. The number of thiazole rings is 1. The van der Waals surface area contributed by atoms with E-state index in [1.165, 1.54) is 30.3 Å². The van der Waals surface area contributed by atoms with E-state index in [9.17, 15) is 23.5 Å². The number of aliphatic hydroxyl groups is 1. The second kappa shape index (κ2) is 7.38. The molecular weight excluding hydrogens is 438 g/mol. The summed E-state index contributed by atoms with van der Waals surface area (Å²) in [7, 11) is 0. The number of hydrogen-bond acceptors (Lipinski definition) is 6. The molecular formula is C23H14F2N2O4S. The second-order valence-electron chi connectivity index (χ2n) is 7.23. The summed E-state index contributed by atoms with van der Waals surface area (Å²) in [6, 6.07) is 11.1. The van der Waals surface area contributed by atoms with Gasteiger partial charge in [0.25, 0.3) is 5.78 Å². The molecule has 0 aliphatic carbocycles. The Morgan fingerprint density at radius 2 is 1.78 bits per heavy atom. The van der Waals surface area contributed by atoms with Crippen molar-refractivity contribution in [1.82, 2.24) is 4.98 Å². The fourth-order valence-corrected chi connectivity index (χ4v) is 4.67. The molecule has 32 heavy (non-hydrogen) atoms. The molecule has 1 aliphatic heterocycles. The van der Waals surface area contributed by atoms with Gasteiger partial charge in [-0.3, -0.25) is 14.5 Å². The van der Waals surface area contributed by atoms with Crippen LogP contribution in [0.2, 0.25) is 0 Å². The number of aryl methyl sites for hydroxylation is 1. The number of aromatic nitrogens is 1. The third-order valence-electron chi connectivity index (χ3n) is 5.14. The third kappa shape index (κ3) is 3.18. The number of aliphatic hydroxyl groups excluding tert-OH is 1. The lowest BCUT2D eigenvalue weighted by Gasteiger charge is -2.20. The normalized spacial score (nSPS) is 18.1. The molecule has 1 fully saturated rings. The number of rotatable bonds is 3. The van der Waals surface area contributed by atoms with Gasteiger partial charge in [0.05, 0.1) is 15.8 Å². The summed E-state index contributed by atoms with van der Waals surface area (Å²) in [6.45, 7) is 1.70. The van der Waals surface area contributed by atoms with Gasteiger partial charge in [0.15, 0.2) is 5.13 Å². The maximum Gasteiger partial charge on any atom is 0.302 e. The molecule has 1 atom stereocenters. The maximum atomic E-state index is 13.7. The highest BCUT2D eigenvalue weighted by Crippen LogP contribution is 2.44. The summed E-state index contributed by atoms with van der Waals surface area (Å²) < 4.78 is 33.2. The van der Waals surface area contributed by atoms with Crippen LogP contribution >= 0.6 is 11.3 Å². The van der Waals surface area contributed by atoms with Gasteiger partial charge in [-0.2, -0.15) is 0 Å². The van der Waals surface area contributed by atoms with E-state index in [0.29, 0.717) is 16.0 Å². The Morgan fingerprint density at radius 3 is 2.47 bits per heavy atom. The van der Waals surface area contributed by atoms with Crippen LogP contribution in [0.4, 0.5) is 13.9 Å². The van der Waals surface area contributed by atoms with Crippen LogP contribution in [-0.4, -0.2) is 21.8 Å². The number of carbonyl (C=O) groups excluding carboxylic acids is 2. The average Bonchev–Trinajstić information content (AvgIpc) is 3.44. The molecule has 3 heterocycles. The summed E-state index contributed by atoms with van der Waals surface area (Å²) in [5, 5.41) is 11.1. The minimum Gasteiger partial charge on any atom is -0.507 e. The summed E-state index contributed by atoms with van der Waals surface area (Å²) in [4.78, 5) is 31.6. The van der Waals surface area contributed by atoms with E-state index in [1.807, 2.05) is 0 Å². The highest BCUT2D eigenvalue weighted by molar-refractivity contribution is 7.22. The minimum atomic E-state index is -1.10. The van der Waals surface area contributed by atoms with Crippen molar-refractivity contribution < 1.29 is 27.9 Å². The van der Waals surface area contributed by atoms with Gasteiger partial charge in [-0.25, -0.2) is 13.8 Å². The number of benzene rings is 2. The van der Waals surface area contributed by atoms with Crippen molar-refractivity contribution in [3.8, 4) is 0 Å². The predicted octanol–water partition coefficient (Wildman–Crippen LogP) is 5.10. The van der Waals surface area contributed by atoms with E-state index in [0.717, 1.165) is 28.4 Å². The van der Waals surface area contributed by atoms with Gasteiger partial charge in [-0.15, -0.1) is 0 Å². The van der Waals surface area contributed by atoms with Gasteiger partial charge < -0.3 is 9.52 Å². The smallest absolute Gasteiger partial charge is 0.302 e. The molecule has 1 aliphatic rings. The zero-order chi connectivity index (χ0) is 22.6. The Balaban J connectivity index is 1.72. The number of furan rings is 1. The Morgan fingerprint density at radius 1 is 1.06 bits per heavy atom. The second-order valence-corrected chi connectivity index (χ2v) is 8.24. The van der Waals surface area contributed by atoms with Gasteiger partial charge in [0, 0.05) is 5.56 Å². The number of Topliss-reactive ketones (excluding diaryl/α,β-unsaturated/α-hetero) is 1. The van der Waals surface area contributed by atoms with Gasteiger partial charge in [-0.05, 0) is 61.5 Å². The average molecular weight is 452 g/mol. The Labute approximate surface area is 184 Å². The number of anilines is 1. The van der Waals surface area contributed by atoms with Gasteiger partial charge in [0.1, 0.15) is 35.0 Å². The SMILES string of the molecule is Cc1ccc(C2/C(=C(\O)c3ccc(F)cc3)C(=O)C(=O)N2c2nc3ccc(F)cc3s2)o1. The van der Waals surface area contributed by atoms with Crippen molar-refractivity contribution >= 4 is 44.1 Å². The van der Waals surface area contributed by atoms with E-state index in [4.69, 9.17) is 4.42 Å². The molecule has 1 N–H and O–H groups in total. The van der Waals surface area contributed by atoms with Gasteiger partial charge >= 0.3 is 5.91 Å². The lowest BCUT2D eigenvalue weighted by atomic mass is 9.99. The molecule has 160 valence electrons. The predicted molar refractivity (Wildman–Crippen MR) is 114 cm³/mol. The molecule has 0 bridgehead atoms. The molecule has 1 amide bonds. The molecule has 5 rings (SSSR count). The van der Waals surface area contributed by atoms with Crippen LogP contribution in [-0.2, 0) is 9.59 Å². The first-order valence-corrected chi connectivity index (χ1v) is 10.3. The monoisotopic (exact) mass is 452 g/mol. The summed E-state index contributed by atoms with van der Waals surface area (Å²) in [5.74, 6) is -2.48. The van der Waals surface area contributed by atoms with Crippen molar-refractivity contribution in [1.29, 1.82) is 0 Å². The zero-order valence-corrected chi connectivity index (χ0v) is 17.3. The number of carbonyl (C=O) groups is 2. The fourth-order valence-electron chi connectivity index (χ4n) is 3.65. The number of ketones is 1. The van der Waals surface area contributed by atoms with Crippen LogP contribution < -0.4 is 4.90 Å². The molecule has 6 nitrogen and oxygen atoms in total. The van der Waals surface area contributed by atoms with Crippen LogP contribution in [0.5, 0.6) is 0 Å². The van der Waals surface area contributed by atoms with Crippen LogP contribution in [0.1, 0.15) is 23.1 Å². The highest BCUT2D eigenvalue weighted by atomic mass is 32.1. The quantitative estimate of drug-likeness (QED) is 0.266. The maximum absolute atomic E-state index is 13.7. The summed E-state index contributed by atoms with van der Waals surface area (Å²) in [5.41, 5.74) is 0.423. The molecule has 2 aromatic carbocycles. The van der Waals surface area contributed by atoms with E-state index in [1.54, 1.807) is 19.1 Å². The number of halogens is 2. The Bertz CT molecular complexity index is 1420. The molecule has 1 saturated heterocycles. The molecule has 0 saturated carbocycles. The lowest BCUT2D eigenvalue weighted by molar-refractivity contribution is -0.132. The molecule has 0 radical (unpaired) electrons. The van der Waals surface area contributed by atoms with Crippen molar-refractivity contribution in [2.75, 3.05) is 4.90 Å². The molecule has 1 unspecified atom stereocenters.